The van der Waals surface area contributed by atoms with Crippen molar-refractivity contribution in [3.8, 4) is 0 Å². The molecule has 0 amide bonds. The number of hydrogen-bond donors (Lipinski definition) is 3. The zero-order chi connectivity index (χ0) is 9.84. The Bertz CT molecular complexity index is 299. The van der Waals surface area contributed by atoms with Crippen molar-refractivity contribution in [2.45, 2.75) is 6.42 Å². The van der Waals surface area contributed by atoms with Gasteiger partial charge in [0.1, 0.15) is 0 Å². The molecule has 0 spiro atoms. The first kappa shape index (κ1) is 9.38. The van der Waals surface area contributed by atoms with Gasteiger partial charge in [0.15, 0.2) is 11.5 Å². The Labute approximate surface area is 75.1 Å². The second-order valence-electron chi connectivity index (χ2n) is 2.74. The quantitative estimate of drug-likeness (QED) is 0.566. The van der Waals surface area contributed by atoms with Crippen LogP contribution in [0.15, 0.2) is 35.8 Å². The van der Waals surface area contributed by atoms with Crippen LogP contribution in [-0.4, -0.2) is 21.3 Å². The maximum absolute atomic E-state index is 10.2. The Hall–Kier alpha value is -1.71. The van der Waals surface area contributed by atoms with Crippen LogP contribution in [0.25, 0.3) is 0 Å². The number of carbonyl (C=O) groups is 1. The molecule has 3 N–H and O–H groups in total. The summed E-state index contributed by atoms with van der Waals surface area (Å²) in [6.07, 6.45) is 5.84. The summed E-state index contributed by atoms with van der Waals surface area (Å²) in [7, 11) is 0. The molecule has 0 bridgehead atoms. The first-order valence-electron chi connectivity index (χ1n) is 3.81. The Balaban J connectivity index is 2.63. The molecule has 0 fully saturated rings. The van der Waals surface area contributed by atoms with Crippen molar-refractivity contribution >= 4 is 5.97 Å². The number of carboxylic acid groups (broad SMARTS) is 1. The van der Waals surface area contributed by atoms with Crippen LogP contribution < -0.4 is 0 Å². The summed E-state index contributed by atoms with van der Waals surface area (Å²) in [4.78, 5) is 10.2. The Morgan fingerprint density at radius 2 is 2.15 bits per heavy atom. The summed E-state index contributed by atoms with van der Waals surface area (Å²) in [5, 5.41) is 26.4. The molecule has 0 radical (unpaired) electrons. The fourth-order valence-corrected chi connectivity index (χ4v) is 1.05. The Kier molecular flexibility index (Phi) is 2.74. The van der Waals surface area contributed by atoms with E-state index in [4.69, 9.17) is 15.3 Å². The van der Waals surface area contributed by atoms with Crippen LogP contribution in [0.2, 0.25) is 0 Å². The number of allylic oxidation sites excluding steroid dienone is 3. The highest BCUT2D eigenvalue weighted by atomic mass is 16.4. The van der Waals surface area contributed by atoms with Crippen molar-refractivity contribution < 1.29 is 20.1 Å². The maximum atomic E-state index is 10.2. The van der Waals surface area contributed by atoms with Crippen LogP contribution in [0.1, 0.15) is 6.42 Å². The van der Waals surface area contributed by atoms with Crippen molar-refractivity contribution in [1.82, 2.24) is 0 Å². The summed E-state index contributed by atoms with van der Waals surface area (Å²) >= 11 is 0. The van der Waals surface area contributed by atoms with Gasteiger partial charge >= 0.3 is 5.97 Å². The molecule has 0 aromatic carbocycles. The highest BCUT2D eigenvalue weighted by Gasteiger charge is 2.11. The SMILES string of the molecule is O=C(O)C=CC1C=C(O)C(O)=CC1. The molecule has 0 aromatic heterocycles. The third-order valence-corrected chi connectivity index (χ3v) is 1.70. The van der Waals surface area contributed by atoms with E-state index in [9.17, 15) is 4.79 Å². The van der Waals surface area contributed by atoms with Gasteiger partial charge in [-0.05, 0) is 18.6 Å². The maximum Gasteiger partial charge on any atom is 0.327 e. The molecular formula is C9H10O4. The van der Waals surface area contributed by atoms with Gasteiger partial charge in [-0.3, -0.25) is 0 Å². The molecule has 0 saturated heterocycles. The normalized spacial score (nSPS) is 22.6. The number of hydrogen-bond acceptors (Lipinski definition) is 3. The minimum absolute atomic E-state index is 0.153. The van der Waals surface area contributed by atoms with Crippen molar-refractivity contribution in [1.29, 1.82) is 0 Å². The van der Waals surface area contributed by atoms with Crippen molar-refractivity contribution in [3.05, 3.63) is 35.8 Å². The molecule has 1 unspecified atom stereocenters. The van der Waals surface area contributed by atoms with Crippen LogP contribution in [0.3, 0.4) is 0 Å². The highest BCUT2D eigenvalue weighted by molar-refractivity contribution is 5.79. The topological polar surface area (TPSA) is 77.8 Å². The van der Waals surface area contributed by atoms with E-state index in [0.29, 0.717) is 6.42 Å². The van der Waals surface area contributed by atoms with E-state index in [0.717, 1.165) is 6.08 Å². The van der Waals surface area contributed by atoms with Crippen molar-refractivity contribution in [3.63, 3.8) is 0 Å². The molecule has 0 saturated carbocycles. The first-order chi connectivity index (χ1) is 6.09. The van der Waals surface area contributed by atoms with E-state index < -0.39 is 5.97 Å². The Morgan fingerprint density at radius 1 is 1.46 bits per heavy atom. The lowest BCUT2D eigenvalue weighted by Crippen LogP contribution is -2.02. The minimum atomic E-state index is -1.02. The van der Waals surface area contributed by atoms with E-state index in [1.54, 1.807) is 0 Å². The van der Waals surface area contributed by atoms with Crippen LogP contribution in [0.4, 0.5) is 0 Å². The molecule has 4 heteroatoms. The van der Waals surface area contributed by atoms with E-state index in [1.807, 2.05) is 0 Å². The summed E-state index contributed by atoms with van der Waals surface area (Å²) in [5.41, 5.74) is 0. The zero-order valence-corrected chi connectivity index (χ0v) is 6.84. The molecular weight excluding hydrogens is 172 g/mol. The van der Waals surface area contributed by atoms with Gasteiger partial charge in [0.25, 0.3) is 0 Å². The zero-order valence-electron chi connectivity index (χ0n) is 6.84. The van der Waals surface area contributed by atoms with E-state index in [-0.39, 0.29) is 17.4 Å². The number of aliphatic carboxylic acids is 1. The van der Waals surface area contributed by atoms with Gasteiger partial charge in [-0.1, -0.05) is 6.08 Å². The highest BCUT2D eigenvalue weighted by Crippen LogP contribution is 2.20. The lowest BCUT2D eigenvalue weighted by molar-refractivity contribution is -0.131. The molecule has 1 rings (SSSR count). The second kappa shape index (κ2) is 3.80. The lowest BCUT2D eigenvalue weighted by atomic mass is 9.98. The lowest BCUT2D eigenvalue weighted by Gasteiger charge is -2.11. The summed E-state index contributed by atoms with van der Waals surface area (Å²) < 4.78 is 0. The van der Waals surface area contributed by atoms with Crippen molar-refractivity contribution in [2.75, 3.05) is 0 Å². The average molecular weight is 182 g/mol. The third kappa shape index (κ3) is 2.66. The van der Waals surface area contributed by atoms with Crippen molar-refractivity contribution in [2.24, 2.45) is 5.92 Å². The van der Waals surface area contributed by atoms with Crippen LogP contribution >= 0.6 is 0 Å². The van der Waals surface area contributed by atoms with E-state index in [1.165, 1.54) is 18.2 Å². The molecule has 1 atom stereocenters. The number of carboxylic acids is 1. The molecule has 0 heterocycles. The standard InChI is InChI=1S/C9H10O4/c10-7-3-1-6(5-8(7)11)2-4-9(12)13/h2-6,10-11H,1H2,(H,12,13). The van der Waals surface area contributed by atoms with Gasteiger partial charge in [-0.2, -0.15) is 0 Å². The number of aliphatic hydroxyl groups is 2. The molecule has 4 nitrogen and oxygen atoms in total. The molecule has 70 valence electrons. The summed E-state index contributed by atoms with van der Waals surface area (Å²) in [5.74, 6) is -1.54. The smallest absolute Gasteiger partial charge is 0.327 e. The summed E-state index contributed by atoms with van der Waals surface area (Å²) in [6.45, 7) is 0. The predicted molar refractivity (Wildman–Crippen MR) is 46.3 cm³/mol. The van der Waals surface area contributed by atoms with Crippen LogP contribution in [-0.2, 0) is 4.79 Å². The summed E-state index contributed by atoms with van der Waals surface area (Å²) in [6, 6.07) is 0. The van der Waals surface area contributed by atoms with Gasteiger partial charge in [0.05, 0.1) is 0 Å². The van der Waals surface area contributed by atoms with Gasteiger partial charge in [-0.25, -0.2) is 4.79 Å². The van der Waals surface area contributed by atoms with Gasteiger partial charge in [0.2, 0.25) is 0 Å². The molecule has 13 heavy (non-hydrogen) atoms. The molecule has 1 aliphatic rings. The Morgan fingerprint density at radius 3 is 2.69 bits per heavy atom. The average Bonchev–Trinajstić information content (AvgIpc) is 2.07. The predicted octanol–water partition coefficient (Wildman–Crippen LogP) is 1.53. The van der Waals surface area contributed by atoms with Crippen LogP contribution in [0.5, 0.6) is 0 Å². The minimum Gasteiger partial charge on any atom is -0.504 e. The first-order valence-corrected chi connectivity index (χ1v) is 3.81. The van der Waals surface area contributed by atoms with Gasteiger partial charge in [-0.15, -0.1) is 0 Å². The van der Waals surface area contributed by atoms with Crippen LogP contribution in [0, 0.1) is 5.92 Å². The molecule has 1 aliphatic carbocycles. The van der Waals surface area contributed by atoms with Gasteiger partial charge in [0, 0.05) is 12.0 Å². The number of rotatable bonds is 2. The largest absolute Gasteiger partial charge is 0.504 e. The fraction of sp³-hybridized carbons (Fsp3) is 0.222. The second-order valence-corrected chi connectivity index (χ2v) is 2.74. The monoisotopic (exact) mass is 182 g/mol. The molecule has 0 aliphatic heterocycles. The number of aliphatic hydroxyl groups excluding tert-OH is 2. The van der Waals surface area contributed by atoms with Gasteiger partial charge < -0.3 is 15.3 Å². The fourth-order valence-electron chi connectivity index (χ4n) is 1.05. The third-order valence-electron chi connectivity index (χ3n) is 1.70. The molecule has 0 aromatic rings. The van der Waals surface area contributed by atoms with E-state index in [2.05, 4.69) is 0 Å². The van der Waals surface area contributed by atoms with E-state index >= 15 is 0 Å².